The monoisotopic (exact) mass is 260 g/mol. The molecule has 0 saturated heterocycles. The van der Waals surface area contributed by atoms with Gasteiger partial charge in [-0.2, -0.15) is 5.10 Å². The number of nitrogens with zero attached hydrogens (tertiary/aromatic N) is 2. The highest BCUT2D eigenvalue weighted by Crippen LogP contribution is 2.27. The third-order valence-corrected chi connectivity index (χ3v) is 3.25. The predicted octanol–water partition coefficient (Wildman–Crippen LogP) is 2.27. The minimum Gasteiger partial charge on any atom is -0.372 e. The molecular weight excluding hydrogens is 248 g/mol. The number of aromatic amines is 1. The minimum absolute atomic E-state index is 0.732. The Morgan fingerprint density at radius 3 is 2.89 bits per heavy atom. The molecule has 1 aliphatic heterocycles. The third-order valence-electron chi connectivity index (χ3n) is 2.94. The topological polar surface area (TPSA) is 53.1 Å². The van der Waals surface area contributed by atoms with Crippen molar-refractivity contribution >= 4 is 17.4 Å². The molecule has 1 aromatic heterocycles. The van der Waals surface area contributed by atoms with Gasteiger partial charge in [0, 0.05) is 24.7 Å². The largest absolute Gasteiger partial charge is 0.372 e. The van der Waals surface area contributed by atoms with E-state index in [0.717, 1.165) is 47.2 Å². The number of H-pyrrole nitrogens is 1. The van der Waals surface area contributed by atoms with Gasteiger partial charge in [-0.3, -0.25) is 10.1 Å². The van der Waals surface area contributed by atoms with Crippen LogP contribution in [0.4, 0.5) is 0 Å². The van der Waals surface area contributed by atoms with Crippen LogP contribution in [0.25, 0.3) is 11.3 Å². The molecule has 0 bridgehead atoms. The van der Waals surface area contributed by atoms with Gasteiger partial charge < -0.3 is 5.32 Å². The summed E-state index contributed by atoms with van der Waals surface area (Å²) in [6.07, 6.45) is 2.53. The van der Waals surface area contributed by atoms with E-state index >= 15 is 0 Å². The fourth-order valence-corrected chi connectivity index (χ4v) is 2.36. The molecule has 0 atom stereocenters. The molecule has 0 radical (unpaired) electrons. The smallest absolute Gasteiger partial charge is 0.101 e. The van der Waals surface area contributed by atoms with Gasteiger partial charge in [0.15, 0.2) is 0 Å². The highest BCUT2D eigenvalue weighted by atomic mass is 35.5. The molecule has 1 aromatic carbocycles. The van der Waals surface area contributed by atoms with Crippen molar-refractivity contribution in [2.45, 2.75) is 6.42 Å². The zero-order valence-corrected chi connectivity index (χ0v) is 10.5. The Labute approximate surface area is 110 Å². The molecular formula is C13H13ClN4. The molecule has 0 amide bonds. The van der Waals surface area contributed by atoms with Gasteiger partial charge in [-0.1, -0.05) is 23.7 Å². The molecule has 0 unspecified atom stereocenters. The van der Waals surface area contributed by atoms with Crippen molar-refractivity contribution in [2.75, 3.05) is 13.1 Å². The van der Waals surface area contributed by atoms with E-state index in [1.165, 1.54) is 0 Å². The van der Waals surface area contributed by atoms with Crippen LogP contribution in [0.5, 0.6) is 0 Å². The summed E-state index contributed by atoms with van der Waals surface area (Å²) in [6.45, 7) is 1.81. The van der Waals surface area contributed by atoms with E-state index in [9.17, 15) is 0 Å². The number of aromatic nitrogens is 2. The fourth-order valence-electron chi connectivity index (χ4n) is 2.05. The van der Waals surface area contributed by atoms with Crippen molar-refractivity contribution in [3.8, 4) is 11.3 Å². The van der Waals surface area contributed by atoms with E-state index in [4.69, 9.17) is 11.6 Å². The van der Waals surface area contributed by atoms with Gasteiger partial charge in [0.2, 0.25) is 0 Å². The van der Waals surface area contributed by atoms with Gasteiger partial charge in [-0.25, -0.2) is 0 Å². The maximum Gasteiger partial charge on any atom is 0.101 e. The number of nitrogens with one attached hydrogen (secondary N) is 2. The molecule has 3 rings (SSSR count). The van der Waals surface area contributed by atoms with Crippen molar-refractivity contribution in [3.05, 3.63) is 41.0 Å². The van der Waals surface area contributed by atoms with Crippen molar-refractivity contribution in [2.24, 2.45) is 4.99 Å². The summed E-state index contributed by atoms with van der Waals surface area (Å²) in [5.74, 6) is 1.04. The first-order chi connectivity index (χ1) is 8.83. The SMILES string of the molecule is Clc1cc(CC2=NCCN2)ccc1-c1ccn[nH]1. The molecule has 5 heteroatoms. The highest BCUT2D eigenvalue weighted by Gasteiger charge is 2.09. The summed E-state index contributed by atoms with van der Waals surface area (Å²) < 4.78 is 0. The molecule has 0 aliphatic carbocycles. The average Bonchev–Trinajstić information content (AvgIpc) is 3.01. The van der Waals surface area contributed by atoms with E-state index in [1.54, 1.807) is 6.20 Å². The summed E-state index contributed by atoms with van der Waals surface area (Å²) in [7, 11) is 0. The van der Waals surface area contributed by atoms with Gasteiger partial charge >= 0.3 is 0 Å². The zero-order chi connectivity index (χ0) is 12.4. The summed E-state index contributed by atoms with van der Waals surface area (Å²) in [5.41, 5.74) is 3.07. The van der Waals surface area contributed by atoms with Crippen molar-refractivity contribution < 1.29 is 0 Å². The Hall–Kier alpha value is -1.81. The van der Waals surface area contributed by atoms with Gasteiger partial charge in [0.05, 0.1) is 17.3 Å². The third kappa shape index (κ3) is 2.24. The Bertz CT molecular complexity index is 575. The van der Waals surface area contributed by atoms with Gasteiger partial charge in [0.1, 0.15) is 5.84 Å². The van der Waals surface area contributed by atoms with Crippen LogP contribution in [-0.4, -0.2) is 29.1 Å². The second-order valence-electron chi connectivity index (χ2n) is 4.22. The van der Waals surface area contributed by atoms with Gasteiger partial charge in [-0.15, -0.1) is 0 Å². The normalized spacial score (nSPS) is 14.4. The highest BCUT2D eigenvalue weighted by molar-refractivity contribution is 6.33. The van der Waals surface area contributed by atoms with Crippen molar-refractivity contribution in [1.82, 2.24) is 15.5 Å². The van der Waals surface area contributed by atoms with E-state index in [-0.39, 0.29) is 0 Å². The molecule has 0 fully saturated rings. The van der Waals surface area contributed by atoms with E-state index in [1.807, 2.05) is 18.2 Å². The van der Waals surface area contributed by atoms with Gasteiger partial charge in [-0.05, 0) is 17.7 Å². The molecule has 1 aliphatic rings. The van der Waals surface area contributed by atoms with Crippen LogP contribution < -0.4 is 5.32 Å². The second-order valence-corrected chi connectivity index (χ2v) is 4.62. The van der Waals surface area contributed by atoms with Gasteiger partial charge in [0.25, 0.3) is 0 Å². The lowest BCUT2D eigenvalue weighted by Gasteiger charge is -2.06. The summed E-state index contributed by atoms with van der Waals surface area (Å²) in [4.78, 5) is 4.38. The molecule has 2 heterocycles. The lowest BCUT2D eigenvalue weighted by atomic mass is 10.1. The Balaban J connectivity index is 1.84. The molecule has 2 aromatic rings. The number of hydrogen-bond acceptors (Lipinski definition) is 3. The lowest BCUT2D eigenvalue weighted by molar-refractivity contribution is 0.953. The van der Waals surface area contributed by atoms with E-state index < -0.39 is 0 Å². The summed E-state index contributed by atoms with van der Waals surface area (Å²) in [6, 6.07) is 7.98. The first kappa shape index (κ1) is 11.3. The van der Waals surface area contributed by atoms with Crippen LogP contribution in [0, 0.1) is 0 Å². The van der Waals surface area contributed by atoms with E-state index in [0.29, 0.717) is 0 Å². The molecule has 0 spiro atoms. The minimum atomic E-state index is 0.732. The molecule has 92 valence electrons. The maximum atomic E-state index is 6.30. The second kappa shape index (κ2) is 4.82. The summed E-state index contributed by atoms with van der Waals surface area (Å²) >= 11 is 6.30. The molecule has 0 saturated carbocycles. The Morgan fingerprint density at radius 2 is 2.22 bits per heavy atom. The van der Waals surface area contributed by atoms with Crippen LogP contribution in [0.3, 0.4) is 0 Å². The maximum absolute atomic E-state index is 6.30. The lowest BCUT2D eigenvalue weighted by Crippen LogP contribution is -2.20. The Morgan fingerprint density at radius 1 is 1.28 bits per heavy atom. The average molecular weight is 261 g/mol. The summed E-state index contributed by atoms with van der Waals surface area (Å²) in [5, 5.41) is 10.8. The number of aliphatic imine (C=N–C) groups is 1. The van der Waals surface area contributed by atoms with Crippen LogP contribution in [0.2, 0.25) is 5.02 Å². The zero-order valence-electron chi connectivity index (χ0n) is 9.78. The van der Waals surface area contributed by atoms with Crippen LogP contribution in [0.1, 0.15) is 5.56 Å². The number of rotatable bonds is 3. The molecule has 2 N–H and O–H groups in total. The van der Waals surface area contributed by atoms with Crippen molar-refractivity contribution in [3.63, 3.8) is 0 Å². The van der Waals surface area contributed by atoms with Crippen LogP contribution >= 0.6 is 11.6 Å². The Kier molecular flexibility index (Phi) is 3.02. The van der Waals surface area contributed by atoms with Crippen molar-refractivity contribution in [1.29, 1.82) is 0 Å². The number of benzene rings is 1. The fraction of sp³-hybridized carbons (Fsp3) is 0.231. The predicted molar refractivity (Wildman–Crippen MR) is 73.0 cm³/mol. The number of hydrogen-bond donors (Lipinski definition) is 2. The standard InChI is InChI=1S/C13H13ClN4/c14-11-7-9(8-13-15-5-6-16-13)1-2-10(11)12-3-4-17-18-12/h1-4,7H,5-6,8H2,(H,15,16)(H,17,18). The molecule has 18 heavy (non-hydrogen) atoms. The first-order valence-electron chi connectivity index (χ1n) is 5.88. The van der Waals surface area contributed by atoms with Crippen LogP contribution in [-0.2, 0) is 6.42 Å². The van der Waals surface area contributed by atoms with Crippen LogP contribution in [0.15, 0.2) is 35.5 Å². The molecule has 4 nitrogen and oxygen atoms in total. The van der Waals surface area contributed by atoms with E-state index in [2.05, 4.69) is 26.6 Å². The number of halogens is 1. The quantitative estimate of drug-likeness (QED) is 0.890. The number of amidine groups is 1. The first-order valence-corrected chi connectivity index (χ1v) is 6.26.